The first-order chi connectivity index (χ1) is 28.2. The van der Waals surface area contributed by atoms with Crippen molar-refractivity contribution in [2.75, 3.05) is 4.90 Å². The van der Waals surface area contributed by atoms with Gasteiger partial charge in [-0.1, -0.05) is 115 Å². The van der Waals surface area contributed by atoms with E-state index in [2.05, 4.69) is 196 Å². The number of rotatable bonds is 7. The molecule has 268 valence electrons. The highest BCUT2D eigenvalue weighted by atomic mass is 16.3. The second kappa shape index (κ2) is 13.6. The minimum absolute atomic E-state index is 0.887. The zero-order valence-corrected chi connectivity index (χ0v) is 31.0. The highest BCUT2D eigenvalue weighted by Crippen LogP contribution is 2.40. The van der Waals surface area contributed by atoms with Gasteiger partial charge in [-0.2, -0.15) is 0 Å². The quantitative estimate of drug-likeness (QED) is 0.164. The van der Waals surface area contributed by atoms with Crippen LogP contribution in [0.5, 0.6) is 0 Å². The third kappa shape index (κ3) is 5.74. The highest BCUT2D eigenvalue weighted by Gasteiger charge is 2.17. The summed E-state index contributed by atoms with van der Waals surface area (Å²) in [5.74, 6) is 0. The van der Waals surface area contributed by atoms with Gasteiger partial charge in [-0.3, -0.25) is 4.98 Å². The average Bonchev–Trinajstić information content (AvgIpc) is 3.82. The van der Waals surface area contributed by atoms with Crippen LogP contribution in [0.15, 0.2) is 217 Å². The van der Waals surface area contributed by atoms with Crippen molar-refractivity contribution in [3.05, 3.63) is 213 Å². The maximum absolute atomic E-state index is 6.34. The summed E-state index contributed by atoms with van der Waals surface area (Å²) in [7, 11) is 0. The molecular formula is C53H35N3O. The summed E-state index contributed by atoms with van der Waals surface area (Å²) >= 11 is 0. The number of aromatic nitrogens is 2. The molecule has 0 spiro atoms. The largest absolute Gasteiger partial charge is 0.456 e. The fraction of sp³-hybridized carbons (Fsp3) is 0. The molecule has 0 bridgehead atoms. The van der Waals surface area contributed by atoms with Gasteiger partial charge in [-0.25, -0.2) is 0 Å². The van der Waals surface area contributed by atoms with Gasteiger partial charge < -0.3 is 13.9 Å². The SMILES string of the molecule is c1ccc(N(c2ccc(-c3cccnc3)cc2)c2cccc(-c3cccc(-c4ccc5c6ccccc6n(-c6ccc7c(c6)oc6ccccc67)c5c4)c3)c2)cc1. The number of nitrogens with zero attached hydrogens (tertiary/aromatic N) is 3. The molecule has 0 fully saturated rings. The van der Waals surface area contributed by atoms with Crippen molar-refractivity contribution >= 4 is 60.8 Å². The van der Waals surface area contributed by atoms with E-state index in [1.54, 1.807) is 0 Å². The van der Waals surface area contributed by atoms with Crippen molar-refractivity contribution in [1.29, 1.82) is 0 Å². The van der Waals surface area contributed by atoms with Crippen LogP contribution in [-0.2, 0) is 0 Å². The number of hydrogen-bond acceptors (Lipinski definition) is 3. The van der Waals surface area contributed by atoms with Crippen LogP contribution in [0.1, 0.15) is 0 Å². The Morgan fingerprint density at radius 2 is 0.982 bits per heavy atom. The topological polar surface area (TPSA) is 34.2 Å². The van der Waals surface area contributed by atoms with E-state index in [0.29, 0.717) is 0 Å². The van der Waals surface area contributed by atoms with Crippen LogP contribution in [0.4, 0.5) is 17.1 Å². The highest BCUT2D eigenvalue weighted by molar-refractivity contribution is 6.11. The van der Waals surface area contributed by atoms with E-state index in [1.165, 1.54) is 16.3 Å². The van der Waals surface area contributed by atoms with E-state index in [9.17, 15) is 0 Å². The molecule has 0 unspecified atom stereocenters. The molecule has 3 aromatic heterocycles. The summed E-state index contributed by atoms with van der Waals surface area (Å²) in [6.45, 7) is 0. The van der Waals surface area contributed by atoms with Crippen molar-refractivity contribution in [3.8, 4) is 39.1 Å². The second-order valence-corrected chi connectivity index (χ2v) is 14.5. The molecule has 57 heavy (non-hydrogen) atoms. The predicted octanol–water partition coefficient (Wildman–Crippen LogP) is 14.5. The van der Waals surface area contributed by atoms with Crippen LogP contribution < -0.4 is 4.90 Å². The molecule has 4 heteroatoms. The smallest absolute Gasteiger partial charge is 0.137 e. The summed E-state index contributed by atoms with van der Waals surface area (Å²) in [5.41, 5.74) is 15.3. The molecule has 11 rings (SSSR count). The molecule has 0 atom stereocenters. The fourth-order valence-corrected chi connectivity index (χ4v) is 8.35. The maximum Gasteiger partial charge on any atom is 0.137 e. The monoisotopic (exact) mass is 729 g/mol. The van der Waals surface area contributed by atoms with Gasteiger partial charge >= 0.3 is 0 Å². The Hall–Kier alpha value is -7.69. The second-order valence-electron chi connectivity index (χ2n) is 14.5. The van der Waals surface area contributed by atoms with E-state index < -0.39 is 0 Å². The third-order valence-corrected chi connectivity index (χ3v) is 11.1. The van der Waals surface area contributed by atoms with E-state index in [1.807, 2.05) is 30.6 Å². The van der Waals surface area contributed by atoms with Crippen LogP contribution in [0.3, 0.4) is 0 Å². The first kappa shape index (κ1) is 32.7. The Labute approximate surface area is 330 Å². The van der Waals surface area contributed by atoms with E-state index in [0.717, 1.165) is 83.6 Å². The van der Waals surface area contributed by atoms with Crippen molar-refractivity contribution in [1.82, 2.24) is 9.55 Å². The molecule has 0 radical (unpaired) electrons. The van der Waals surface area contributed by atoms with Gasteiger partial charge in [0.15, 0.2) is 0 Å². The Morgan fingerprint density at radius 3 is 1.81 bits per heavy atom. The number of anilines is 3. The number of benzene rings is 8. The zero-order chi connectivity index (χ0) is 37.7. The Balaban J connectivity index is 0.987. The van der Waals surface area contributed by atoms with Crippen LogP contribution in [0.2, 0.25) is 0 Å². The van der Waals surface area contributed by atoms with Gasteiger partial charge in [0.1, 0.15) is 11.2 Å². The van der Waals surface area contributed by atoms with Gasteiger partial charge in [0.2, 0.25) is 0 Å². The van der Waals surface area contributed by atoms with Gasteiger partial charge in [-0.15, -0.1) is 0 Å². The number of hydrogen-bond donors (Lipinski definition) is 0. The molecule has 0 saturated carbocycles. The van der Waals surface area contributed by atoms with Gasteiger partial charge in [0.25, 0.3) is 0 Å². The molecular weight excluding hydrogens is 695 g/mol. The lowest BCUT2D eigenvalue weighted by molar-refractivity contribution is 0.668. The molecule has 0 aliphatic heterocycles. The average molecular weight is 730 g/mol. The minimum Gasteiger partial charge on any atom is -0.456 e. The molecule has 0 aliphatic carbocycles. The van der Waals surface area contributed by atoms with E-state index in [4.69, 9.17) is 4.42 Å². The van der Waals surface area contributed by atoms with Crippen molar-refractivity contribution < 1.29 is 4.42 Å². The lowest BCUT2D eigenvalue weighted by Gasteiger charge is -2.26. The van der Waals surface area contributed by atoms with Crippen LogP contribution in [-0.4, -0.2) is 9.55 Å². The normalized spacial score (nSPS) is 11.5. The number of pyridine rings is 1. The Kier molecular flexibility index (Phi) is 7.78. The van der Waals surface area contributed by atoms with E-state index >= 15 is 0 Å². The van der Waals surface area contributed by atoms with E-state index in [-0.39, 0.29) is 0 Å². The molecule has 11 aromatic rings. The van der Waals surface area contributed by atoms with Crippen molar-refractivity contribution in [3.63, 3.8) is 0 Å². The molecule has 8 aromatic carbocycles. The number of furan rings is 1. The molecule has 0 saturated heterocycles. The lowest BCUT2D eigenvalue weighted by Crippen LogP contribution is -2.09. The summed E-state index contributed by atoms with van der Waals surface area (Å²) in [4.78, 5) is 6.63. The number of fused-ring (bicyclic) bond motifs is 6. The Bertz CT molecular complexity index is 3230. The molecule has 3 heterocycles. The minimum atomic E-state index is 0.887. The van der Waals surface area contributed by atoms with Crippen molar-refractivity contribution in [2.45, 2.75) is 0 Å². The van der Waals surface area contributed by atoms with Crippen LogP contribution in [0.25, 0.3) is 82.8 Å². The Morgan fingerprint density at radius 1 is 0.368 bits per heavy atom. The van der Waals surface area contributed by atoms with Gasteiger partial charge in [0.05, 0.1) is 11.0 Å². The third-order valence-electron chi connectivity index (χ3n) is 11.1. The lowest BCUT2D eigenvalue weighted by atomic mass is 9.97. The summed E-state index contributed by atoms with van der Waals surface area (Å²) in [6.07, 6.45) is 3.71. The summed E-state index contributed by atoms with van der Waals surface area (Å²) in [5, 5.41) is 4.71. The zero-order valence-electron chi connectivity index (χ0n) is 31.0. The van der Waals surface area contributed by atoms with Gasteiger partial charge in [0, 0.05) is 62.8 Å². The van der Waals surface area contributed by atoms with Gasteiger partial charge in [-0.05, 0) is 112 Å². The van der Waals surface area contributed by atoms with Crippen LogP contribution in [0, 0.1) is 0 Å². The summed E-state index contributed by atoms with van der Waals surface area (Å²) in [6, 6.07) is 71.4. The molecule has 0 N–H and O–H groups in total. The molecule has 0 amide bonds. The van der Waals surface area contributed by atoms with Crippen LogP contribution >= 0.6 is 0 Å². The maximum atomic E-state index is 6.34. The first-order valence-electron chi connectivity index (χ1n) is 19.3. The fourth-order valence-electron chi connectivity index (χ4n) is 8.35. The molecule has 0 aliphatic rings. The summed E-state index contributed by atoms with van der Waals surface area (Å²) < 4.78 is 8.71. The molecule has 4 nitrogen and oxygen atoms in total. The standard InChI is InChI=1S/C53H35N3O/c1-2-15-42(16-3-1)55(43-25-22-36(23-26-43)41-14-10-30-54-35-41)44-17-9-13-39(32-44)37-11-8-12-38(31-37)40-24-28-47-46-18-4-6-20-50(46)56(51(47)33-40)45-27-29-49-48-19-5-7-21-52(48)57-53(49)34-45/h1-35H. The first-order valence-corrected chi connectivity index (χ1v) is 19.3. The number of para-hydroxylation sites is 3. The van der Waals surface area contributed by atoms with Crippen molar-refractivity contribution in [2.24, 2.45) is 0 Å². The predicted molar refractivity (Wildman–Crippen MR) is 237 cm³/mol.